The zero-order valence-electron chi connectivity index (χ0n) is 6.98. The van der Waals surface area contributed by atoms with Crippen molar-refractivity contribution in [1.82, 2.24) is 0 Å². The molecule has 2 N–H and O–H groups in total. The van der Waals surface area contributed by atoms with Crippen LogP contribution in [0, 0.1) is 0 Å². The summed E-state index contributed by atoms with van der Waals surface area (Å²) in [5.74, 6) is 0. The van der Waals surface area contributed by atoms with Gasteiger partial charge < -0.3 is 10.6 Å². The van der Waals surface area contributed by atoms with Gasteiger partial charge in [0.25, 0.3) is 10.9 Å². The van der Waals surface area contributed by atoms with Crippen LogP contribution in [0.5, 0.6) is 0 Å². The highest BCUT2D eigenvalue weighted by Crippen LogP contribution is 2.50. The molecule has 1 aliphatic heterocycles. The van der Waals surface area contributed by atoms with Crippen molar-refractivity contribution >= 4 is 65.9 Å². The SMILES string of the molecule is O=c1c2c(c1=O)Nc1c(Br)sc(Br)c1N2. The minimum absolute atomic E-state index is 0.360. The van der Waals surface area contributed by atoms with E-state index in [2.05, 4.69) is 42.5 Å². The Balaban J connectivity index is 2.22. The maximum absolute atomic E-state index is 11.2. The summed E-state index contributed by atoms with van der Waals surface area (Å²) in [7, 11) is 0. The van der Waals surface area contributed by atoms with E-state index < -0.39 is 10.9 Å². The molecule has 2 aromatic rings. The molecular weight excluding hydrogens is 348 g/mol. The summed E-state index contributed by atoms with van der Waals surface area (Å²) < 4.78 is 1.77. The molecule has 0 amide bonds. The van der Waals surface area contributed by atoms with Crippen molar-refractivity contribution in [1.29, 1.82) is 0 Å². The Hall–Kier alpha value is -0.660. The van der Waals surface area contributed by atoms with E-state index in [0.29, 0.717) is 11.4 Å². The van der Waals surface area contributed by atoms with Gasteiger partial charge in [-0.25, -0.2) is 0 Å². The van der Waals surface area contributed by atoms with Crippen molar-refractivity contribution in [3.8, 4) is 0 Å². The second-order valence-corrected chi connectivity index (χ2v) is 6.71. The lowest BCUT2D eigenvalue weighted by Gasteiger charge is -2.21. The Morgan fingerprint density at radius 3 is 1.60 bits per heavy atom. The molecular formula is C8H2Br2N2O2S. The molecule has 76 valence electrons. The van der Waals surface area contributed by atoms with Crippen LogP contribution >= 0.6 is 43.2 Å². The first-order chi connectivity index (χ1) is 7.09. The maximum Gasteiger partial charge on any atom is 0.253 e. The summed E-state index contributed by atoms with van der Waals surface area (Å²) in [5, 5.41) is 5.89. The molecule has 0 unspecified atom stereocenters. The minimum Gasteiger partial charge on any atom is -0.347 e. The molecule has 3 rings (SSSR count). The average molecular weight is 350 g/mol. The fourth-order valence-corrected chi connectivity index (χ4v) is 4.37. The Morgan fingerprint density at radius 2 is 1.20 bits per heavy atom. The molecule has 4 nitrogen and oxygen atoms in total. The number of nitrogens with one attached hydrogen (secondary N) is 2. The van der Waals surface area contributed by atoms with E-state index in [1.807, 2.05) is 0 Å². The molecule has 1 aromatic carbocycles. The largest absolute Gasteiger partial charge is 0.347 e. The smallest absolute Gasteiger partial charge is 0.253 e. The van der Waals surface area contributed by atoms with Crippen LogP contribution in [-0.4, -0.2) is 0 Å². The lowest BCUT2D eigenvalue weighted by molar-refractivity contribution is 1.33. The second-order valence-electron chi connectivity index (χ2n) is 3.06. The molecule has 0 bridgehead atoms. The first-order valence-electron chi connectivity index (χ1n) is 3.94. The average Bonchev–Trinajstić information content (AvgIpc) is 2.52. The van der Waals surface area contributed by atoms with Crippen LogP contribution in [0.25, 0.3) is 0 Å². The van der Waals surface area contributed by atoms with E-state index in [0.717, 1.165) is 18.9 Å². The lowest BCUT2D eigenvalue weighted by atomic mass is 10.1. The topological polar surface area (TPSA) is 58.2 Å². The van der Waals surface area contributed by atoms with E-state index in [1.54, 1.807) is 0 Å². The standard InChI is InChI=1S/C8H2Br2N2O2S/c9-7-3-4(8(10)15-7)12-2-1(11-3)5(13)6(2)14/h11-12H. The summed E-state index contributed by atoms with van der Waals surface area (Å²) >= 11 is 8.23. The molecule has 0 spiro atoms. The third kappa shape index (κ3) is 1.11. The molecule has 1 aliphatic rings. The fourth-order valence-electron chi connectivity index (χ4n) is 1.48. The van der Waals surface area contributed by atoms with Crippen molar-refractivity contribution in [3.63, 3.8) is 0 Å². The Labute approximate surface area is 104 Å². The van der Waals surface area contributed by atoms with Gasteiger partial charge in [0, 0.05) is 0 Å². The molecule has 0 saturated carbocycles. The quantitative estimate of drug-likeness (QED) is 0.612. The van der Waals surface area contributed by atoms with Crippen LogP contribution in [0.4, 0.5) is 22.7 Å². The number of fused-ring (bicyclic) bond motifs is 2. The maximum atomic E-state index is 11.2. The molecule has 0 radical (unpaired) electrons. The number of anilines is 4. The summed E-state index contributed by atoms with van der Waals surface area (Å²) in [5.41, 5.74) is 1.39. The lowest BCUT2D eigenvalue weighted by Crippen LogP contribution is -2.37. The summed E-state index contributed by atoms with van der Waals surface area (Å²) in [6, 6.07) is 0. The van der Waals surface area contributed by atoms with Crippen molar-refractivity contribution in [3.05, 3.63) is 28.0 Å². The molecule has 1 aromatic heterocycles. The summed E-state index contributed by atoms with van der Waals surface area (Å²) in [4.78, 5) is 22.4. The van der Waals surface area contributed by atoms with Gasteiger partial charge in [-0.3, -0.25) is 9.59 Å². The molecule has 0 aliphatic carbocycles. The van der Waals surface area contributed by atoms with Crippen molar-refractivity contribution in [2.45, 2.75) is 0 Å². The molecule has 7 heteroatoms. The third-order valence-electron chi connectivity index (χ3n) is 2.23. The zero-order chi connectivity index (χ0) is 10.7. The first-order valence-corrected chi connectivity index (χ1v) is 6.35. The van der Waals surface area contributed by atoms with Gasteiger partial charge in [0.15, 0.2) is 0 Å². The van der Waals surface area contributed by atoms with Gasteiger partial charge >= 0.3 is 0 Å². The van der Waals surface area contributed by atoms with E-state index in [4.69, 9.17) is 0 Å². The highest BCUT2D eigenvalue weighted by Gasteiger charge is 2.30. The molecule has 15 heavy (non-hydrogen) atoms. The van der Waals surface area contributed by atoms with Crippen LogP contribution in [-0.2, 0) is 0 Å². The van der Waals surface area contributed by atoms with Crippen molar-refractivity contribution < 1.29 is 0 Å². The van der Waals surface area contributed by atoms with E-state index in [1.165, 1.54) is 11.3 Å². The predicted octanol–water partition coefficient (Wildman–Crippen LogP) is 2.67. The molecule has 0 saturated heterocycles. The van der Waals surface area contributed by atoms with Crippen molar-refractivity contribution in [2.75, 3.05) is 10.6 Å². The van der Waals surface area contributed by atoms with Gasteiger partial charge in [0.05, 0.1) is 18.9 Å². The number of hydrogen-bond donors (Lipinski definition) is 2. The Kier molecular flexibility index (Phi) is 1.87. The number of rotatable bonds is 0. The van der Waals surface area contributed by atoms with Gasteiger partial charge in [-0.05, 0) is 31.9 Å². The van der Waals surface area contributed by atoms with Crippen LogP contribution in [0.1, 0.15) is 0 Å². The van der Waals surface area contributed by atoms with Gasteiger partial charge in [-0.15, -0.1) is 11.3 Å². The van der Waals surface area contributed by atoms with E-state index in [9.17, 15) is 9.59 Å². The van der Waals surface area contributed by atoms with Crippen LogP contribution in [0.3, 0.4) is 0 Å². The minimum atomic E-state index is -0.461. The van der Waals surface area contributed by atoms with Gasteiger partial charge in [-0.2, -0.15) is 0 Å². The Morgan fingerprint density at radius 1 is 0.800 bits per heavy atom. The Bertz CT molecular complexity index is 600. The van der Waals surface area contributed by atoms with Gasteiger partial charge in [-0.1, -0.05) is 0 Å². The molecule has 0 fully saturated rings. The third-order valence-corrected chi connectivity index (χ3v) is 4.76. The monoisotopic (exact) mass is 348 g/mol. The summed E-state index contributed by atoms with van der Waals surface area (Å²) in [6.07, 6.45) is 0. The van der Waals surface area contributed by atoms with Crippen molar-refractivity contribution in [2.24, 2.45) is 0 Å². The number of halogens is 2. The highest BCUT2D eigenvalue weighted by atomic mass is 79.9. The number of hydrogen-bond acceptors (Lipinski definition) is 5. The predicted molar refractivity (Wildman–Crippen MR) is 67.6 cm³/mol. The zero-order valence-corrected chi connectivity index (χ0v) is 11.0. The van der Waals surface area contributed by atoms with Gasteiger partial charge in [0.2, 0.25) is 0 Å². The fraction of sp³-hybridized carbons (Fsp3) is 0. The van der Waals surface area contributed by atoms with Crippen LogP contribution in [0.15, 0.2) is 17.2 Å². The highest BCUT2D eigenvalue weighted by molar-refractivity contribution is 9.12. The van der Waals surface area contributed by atoms with Gasteiger partial charge in [0.1, 0.15) is 11.4 Å². The first kappa shape index (κ1) is 9.56. The number of thiophene rings is 1. The molecule has 2 heterocycles. The van der Waals surface area contributed by atoms with Crippen LogP contribution < -0.4 is 21.5 Å². The van der Waals surface area contributed by atoms with E-state index in [-0.39, 0.29) is 0 Å². The molecule has 0 atom stereocenters. The van der Waals surface area contributed by atoms with E-state index >= 15 is 0 Å². The van der Waals surface area contributed by atoms with Crippen LogP contribution in [0.2, 0.25) is 0 Å². The normalized spacial score (nSPS) is 12.9. The summed E-state index contributed by atoms with van der Waals surface area (Å²) in [6.45, 7) is 0. The second kappa shape index (κ2) is 2.93.